The van der Waals surface area contributed by atoms with Crippen LogP contribution in [-0.2, 0) is 4.79 Å². The van der Waals surface area contributed by atoms with Gasteiger partial charge in [0.15, 0.2) is 18.1 Å². The van der Waals surface area contributed by atoms with E-state index in [-0.39, 0.29) is 31.3 Å². The molecule has 1 aliphatic rings. The lowest BCUT2D eigenvalue weighted by molar-refractivity contribution is -0.123. The van der Waals surface area contributed by atoms with Crippen molar-refractivity contribution in [2.45, 2.75) is 13.0 Å². The summed E-state index contributed by atoms with van der Waals surface area (Å²) < 4.78 is 16.3. The molecule has 3 aromatic carbocycles. The summed E-state index contributed by atoms with van der Waals surface area (Å²) in [7, 11) is 0. The number of anilines is 1. The van der Waals surface area contributed by atoms with Crippen LogP contribution in [0, 0.1) is 0 Å². The number of hydrogen-bond donors (Lipinski definition) is 2. The van der Waals surface area contributed by atoms with Gasteiger partial charge in [-0.3, -0.25) is 9.59 Å². The van der Waals surface area contributed by atoms with Gasteiger partial charge in [-0.25, -0.2) is 0 Å². The molecule has 2 amide bonds. The molecule has 0 radical (unpaired) electrons. The van der Waals surface area contributed by atoms with Crippen LogP contribution in [0.1, 0.15) is 28.9 Å². The van der Waals surface area contributed by atoms with Gasteiger partial charge in [0.1, 0.15) is 5.75 Å². The summed E-state index contributed by atoms with van der Waals surface area (Å²) in [6.45, 7) is 1.85. The summed E-state index contributed by atoms with van der Waals surface area (Å²) in [5.41, 5.74) is 1.92. The van der Waals surface area contributed by atoms with Crippen LogP contribution in [0.15, 0.2) is 72.8 Å². The first-order valence-electron chi connectivity index (χ1n) is 9.87. The highest BCUT2D eigenvalue weighted by atomic mass is 16.7. The lowest BCUT2D eigenvalue weighted by atomic mass is 10.1. The number of ether oxygens (including phenoxy) is 3. The van der Waals surface area contributed by atoms with E-state index in [1.54, 1.807) is 36.4 Å². The average Bonchev–Trinajstić information content (AvgIpc) is 3.26. The Balaban J connectivity index is 1.35. The summed E-state index contributed by atoms with van der Waals surface area (Å²) in [4.78, 5) is 25.0. The molecule has 1 aliphatic heterocycles. The van der Waals surface area contributed by atoms with Gasteiger partial charge >= 0.3 is 0 Å². The summed E-state index contributed by atoms with van der Waals surface area (Å²) in [5, 5.41) is 5.70. The molecule has 1 heterocycles. The minimum absolute atomic E-state index is 0.199. The molecular formula is C24H22N2O5. The molecule has 0 aliphatic carbocycles. The highest BCUT2D eigenvalue weighted by Gasteiger charge is 2.18. The van der Waals surface area contributed by atoms with E-state index in [0.717, 1.165) is 5.56 Å². The van der Waals surface area contributed by atoms with E-state index in [4.69, 9.17) is 14.2 Å². The fourth-order valence-electron chi connectivity index (χ4n) is 3.19. The van der Waals surface area contributed by atoms with Gasteiger partial charge in [-0.1, -0.05) is 36.4 Å². The molecule has 158 valence electrons. The fourth-order valence-corrected chi connectivity index (χ4v) is 3.19. The normalized spacial score (nSPS) is 12.7. The van der Waals surface area contributed by atoms with Crippen molar-refractivity contribution in [3.05, 3.63) is 83.9 Å². The number of amides is 2. The maximum atomic E-state index is 12.6. The molecule has 0 spiro atoms. The first-order chi connectivity index (χ1) is 15.1. The van der Waals surface area contributed by atoms with Crippen molar-refractivity contribution in [2.75, 3.05) is 18.7 Å². The fraction of sp³-hybridized carbons (Fsp3) is 0.167. The Labute approximate surface area is 179 Å². The van der Waals surface area contributed by atoms with E-state index >= 15 is 0 Å². The molecule has 0 aromatic heterocycles. The largest absolute Gasteiger partial charge is 0.483 e. The first-order valence-corrected chi connectivity index (χ1v) is 9.87. The van der Waals surface area contributed by atoms with Gasteiger partial charge in [-0.2, -0.15) is 0 Å². The average molecular weight is 418 g/mol. The van der Waals surface area contributed by atoms with E-state index in [1.165, 1.54) is 0 Å². The van der Waals surface area contributed by atoms with Gasteiger partial charge in [-0.15, -0.1) is 0 Å². The van der Waals surface area contributed by atoms with Crippen molar-refractivity contribution >= 4 is 17.5 Å². The van der Waals surface area contributed by atoms with E-state index in [0.29, 0.717) is 28.5 Å². The van der Waals surface area contributed by atoms with Crippen LogP contribution in [0.25, 0.3) is 0 Å². The Morgan fingerprint density at radius 3 is 2.55 bits per heavy atom. The molecule has 7 heteroatoms. The molecule has 4 rings (SSSR count). The molecule has 2 N–H and O–H groups in total. The van der Waals surface area contributed by atoms with Gasteiger partial charge in [0.05, 0.1) is 11.6 Å². The van der Waals surface area contributed by atoms with E-state index in [2.05, 4.69) is 10.6 Å². The number of benzene rings is 3. The number of carbonyl (C=O) groups excluding carboxylic acids is 2. The van der Waals surface area contributed by atoms with Crippen molar-refractivity contribution in [3.8, 4) is 17.2 Å². The molecule has 0 fully saturated rings. The maximum Gasteiger partial charge on any atom is 0.259 e. The van der Waals surface area contributed by atoms with Gasteiger partial charge in [-0.05, 0) is 48.9 Å². The molecule has 0 saturated carbocycles. The minimum atomic E-state index is -0.309. The third-order valence-electron chi connectivity index (χ3n) is 4.80. The van der Waals surface area contributed by atoms with E-state index in [1.807, 2.05) is 43.3 Å². The monoisotopic (exact) mass is 418 g/mol. The lowest BCUT2D eigenvalue weighted by Gasteiger charge is -2.16. The predicted molar refractivity (Wildman–Crippen MR) is 115 cm³/mol. The van der Waals surface area contributed by atoms with Crippen LogP contribution in [0.3, 0.4) is 0 Å². The molecule has 1 atom stereocenters. The first kappa shape index (κ1) is 20.3. The third-order valence-corrected chi connectivity index (χ3v) is 4.80. The van der Waals surface area contributed by atoms with Crippen molar-refractivity contribution in [1.29, 1.82) is 0 Å². The zero-order valence-electron chi connectivity index (χ0n) is 17.0. The number of rotatable bonds is 7. The second kappa shape index (κ2) is 9.21. The van der Waals surface area contributed by atoms with Gasteiger partial charge in [0.2, 0.25) is 6.79 Å². The number of fused-ring (bicyclic) bond motifs is 1. The minimum Gasteiger partial charge on any atom is -0.483 e. The summed E-state index contributed by atoms with van der Waals surface area (Å²) in [6, 6.07) is 21.2. The van der Waals surface area contributed by atoms with Gasteiger partial charge in [0, 0.05) is 5.69 Å². The van der Waals surface area contributed by atoms with Crippen molar-refractivity contribution < 1.29 is 23.8 Å². The number of nitrogens with one attached hydrogen (secondary N) is 2. The SMILES string of the molecule is CC(NC(=O)COc1ccccc1C(=O)Nc1ccccc1)c1ccc2c(c1)OCO2. The zero-order chi connectivity index (χ0) is 21.6. The third kappa shape index (κ3) is 4.95. The molecule has 3 aromatic rings. The molecule has 7 nitrogen and oxygen atoms in total. The molecule has 0 saturated heterocycles. The van der Waals surface area contributed by atoms with Crippen LogP contribution in [-0.4, -0.2) is 25.2 Å². The summed E-state index contributed by atoms with van der Waals surface area (Å²) in [5.74, 6) is 1.07. The van der Waals surface area contributed by atoms with Crippen LogP contribution in [0.4, 0.5) is 5.69 Å². The van der Waals surface area contributed by atoms with Crippen LogP contribution in [0.5, 0.6) is 17.2 Å². The highest BCUT2D eigenvalue weighted by molar-refractivity contribution is 6.06. The Bertz CT molecular complexity index is 1080. The van der Waals surface area contributed by atoms with E-state index in [9.17, 15) is 9.59 Å². The van der Waals surface area contributed by atoms with Crippen LogP contribution < -0.4 is 24.8 Å². The summed E-state index contributed by atoms with van der Waals surface area (Å²) in [6.07, 6.45) is 0. The second-order valence-corrected chi connectivity index (χ2v) is 7.01. The smallest absolute Gasteiger partial charge is 0.259 e. The Hall–Kier alpha value is -4.00. The quantitative estimate of drug-likeness (QED) is 0.607. The second-order valence-electron chi connectivity index (χ2n) is 7.01. The van der Waals surface area contributed by atoms with Crippen molar-refractivity contribution in [2.24, 2.45) is 0 Å². The Morgan fingerprint density at radius 2 is 1.71 bits per heavy atom. The summed E-state index contributed by atoms with van der Waals surface area (Å²) >= 11 is 0. The Kier molecular flexibility index (Phi) is 6.03. The molecule has 1 unspecified atom stereocenters. The number of hydrogen-bond acceptors (Lipinski definition) is 5. The van der Waals surface area contributed by atoms with Crippen LogP contribution >= 0.6 is 0 Å². The molecule has 0 bridgehead atoms. The standard InChI is InChI=1S/C24H22N2O5/c1-16(17-11-12-21-22(13-17)31-15-30-21)25-23(27)14-29-20-10-6-5-9-19(20)24(28)26-18-7-3-2-4-8-18/h2-13,16H,14-15H2,1H3,(H,25,27)(H,26,28). The van der Waals surface area contributed by atoms with Gasteiger partial charge < -0.3 is 24.8 Å². The lowest BCUT2D eigenvalue weighted by Crippen LogP contribution is -2.31. The molecule has 31 heavy (non-hydrogen) atoms. The highest BCUT2D eigenvalue weighted by Crippen LogP contribution is 2.34. The predicted octanol–water partition coefficient (Wildman–Crippen LogP) is 3.92. The topological polar surface area (TPSA) is 85.9 Å². The number of para-hydroxylation sites is 2. The molecular weight excluding hydrogens is 396 g/mol. The number of carbonyl (C=O) groups is 2. The van der Waals surface area contributed by atoms with Crippen LogP contribution in [0.2, 0.25) is 0 Å². The van der Waals surface area contributed by atoms with E-state index < -0.39 is 0 Å². The zero-order valence-corrected chi connectivity index (χ0v) is 17.0. The maximum absolute atomic E-state index is 12.6. The van der Waals surface area contributed by atoms with Crippen molar-refractivity contribution in [1.82, 2.24) is 5.32 Å². The van der Waals surface area contributed by atoms with Gasteiger partial charge in [0.25, 0.3) is 11.8 Å². The van der Waals surface area contributed by atoms with Crippen molar-refractivity contribution in [3.63, 3.8) is 0 Å². The Morgan fingerprint density at radius 1 is 0.968 bits per heavy atom.